The van der Waals surface area contributed by atoms with Gasteiger partial charge in [0, 0.05) is 37.5 Å². The molecule has 1 saturated heterocycles. The van der Waals surface area contributed by atoms with Crippen LogP contribution < -0.4 is 5.32 Å². The van der Waals surface area contributed by atoms with Crippen LogP contribution in [0.25, 0.3) is 0 Å². The highest BCUT2D eigenvalue weighted by molar-refractivity contribution is 7.09. The van der Waals surface area contributed by atoms with E-state index in [1.54, 1.807) is 11.3 Å². The molecule has 0 atom stereocenters. The van der Waals surface area contributed by atoms with Gasteiger partial charge in [-0.05, 0) is 12.8 Å². The van der Waals surface area contributed by atoms with E-state index in [2.05, 4.69) is 10.3 Å². The Morgan fingerprint density at radius 2 is 2.24 bits per heavy atom. The van der Waals surface area contributed by atoms with E-state index < -0.39 is 0 Å². The molecule has 1 N–H and O–H groups in total. The summed E-state index contributed by atoms with van der Waals surface area (Å²) in [6.45, 7) is 3.49. The Morgan fingerprint density at radius 3 is 2.94 bits per heavy atom. The van der Waals surface area contributed by atoms with E-state index in [0.717, 1.165) is 31.9 Å². The average Bonchev–Trinajstić information content (AvgIpc) is 3.12. The second-order valence-corrected chi connectivity index (χ2v) is 5.65. The summed E-state index contributed by atoms with van der Waals surface area (Å²) in [6, 6.07) is 0. The molecule has 3 rings (SSSR count). The molecule has 92 valence electrons. The fourth-order valence-electron chi connectivity index (χ4n) is 2.10. The molecule has 1 aromatic rings. The quantitative estimate of drug-likeness (QED) is 0.871. The molecular formula is C12H17N3OS. The van der Waals surface area contributed by atoms with Crippen molar-refractivity contribution < 1.29 is 4.79 Å². The van der Waals surface area contributed by atoms with Crippen LogP contribution in [0.1, 0.15) is 29.5 Å². The summed E-state index contributed by atoms with van der Waals surface area (Å²) < 4.78 is 0. The number of thiazole rings is 1. The van der Waals surface area contributed by atoms with Crippen LogP contribution in [0.4, 0.5) is 0 Å². The number of piperazine rings is 1. The van der Waals surface area contributed by atoms with Gasteiger partial charge >= 0.3 is 0 Å². The summed E-state index contributed by atoms with van der Waals surface area (Å²) in [5, 5.41) is 6.53. The van der Waals surface area contributed by atoms with Crippen molar-refractivity contribution in [3.05, 3.63) is 16.1 Å². The first-order valence-corrected chi connectivity index (χ1v) is 7.13. The standard InChI is InChI=1S/C12H17N3OS/c16-11(15-5-3-13-4-6-15)7-10-8-17-12(14-10)9-1-2-9/h8-9,13H,1-7H2. The molecule has 0 aromatic carbocycles. The number of carbonyl (C=O) groups is 1. The normalized spacial score (nSPS) is 20.6. The van der Waals surface area contributed by atoms with Crippen LogP contribution in [-0.2, 0) is 11.2 Å². The predicted octanol–water partition coefficient (Wildman–Crippen LogP) is 0.995. The van der Waals surface area contributed by atoms with Crippen LogP contribution in [0, 0.1) is 0 Å². The minimum atomic E-state index is 0.221. The zero-order chi connectivity index (χ0) is 11.7. The lowest BCUT2D eigenvalue weighted by Crippen LogP contribution is -2.46. The summed E-state index contributed by atoms with van der Waals surface area (Å²) >= 11 is 1.71. The van der Waals surface area contributed by atoms with E-state index in [0.29, 0.717) is 12.3 Å². The van der Waals surface area contributed by atoms with Crippen molar-refractivity contribution in [3.8, 4) is 0 Å². The number of nitrogens with one attached hydrogen (secondary N) is 1. The van der Waals surface area contributed by atoms with Crippen molar-refractivity contribution >= 4 is 17.2 Å². The van der Waals surface area contributed by atoms with Gasteiger partial charge in [-0.3, -0.25) is 4.79 Å². The number of nitrogens with zero attached hydrogens (tertiary/aromatic N) is 2. The van der Waals surface area contributed by atoms with Gasteiger partial charge in [-0.1, -0.05) is 0 Å². The Morgan fingerprint density at radius 1 is 1.47 bits per heavy atom. The number of hydrogen-bond donors (Lipinski definition) is 1. The molecule has 2 heterocycles. The Hall–Kier alpha value is -0.940. The third kappa shape index (κ3) is 2.66. The van der Waals surface area contributed by atoms with Crippen molar-refractivity contribution in [3.63, 3.8) is 0 Å². The minimum Gasteiger partial charge on any atom is -0.340 e. The van der Waals surface area contributed by atoms with Crippen molar-refractivity contribution in [2.45, 2.75) is 25.2 Å². The predicted molar refractivity (Wildman–Crippen MR) is 67.2 cm³/mol. The van der Waals surface area contributed by atoms with Crippen LogP contribution in [0.15, 0.2) is 5.38 Å². The van der Waals surface area contributed by atoms with Crippen LogP contribution in [-0.4, -0.2) is 42.0 Å². The molecule has 1 aliphatic heterocycles. The van der Waals surface area contributed by atoms with Crippen molar-refractivity contribution in [1.29, 1.82) is 0 Å². The number of aromatic nitrogens is 1. The smallest absolute Gasteiger partial charge is 0.228 e. The van der Waals surface area contributed by atoms with Crippen LogP contribution in [0.3, 0.4) is 0 Å². The average molecular weight is 251 g/mol. The van der Waals surface area contributed by atoms with Gasteiger partial charge in [0.15, 0.2) is 0 Å². The van der Waals surface area contributed by atoms with Crippen molar-refractivity contribution in [2.24, 2.45) is 0 Å². The van der Waals surface area contributed by atoms with E-state index in [9.17, 15) is 4.79 Å². The Kier molecular flexibility index (Phi) is 3.11. The monoisotopic (exact) mass is 251 g/mol. The second-order valence-electron chi connectivity index (χ2n) is 4.76. The lowest BCUT2D eigenvalue weighted by Gasteiger charge is -2.27. The Bertz CT molecular complexity index is 408. The zero-order valence-electron chi connectivity index (χ0n) is 9.82. The summed E-state index contributed by atoms with van der Waals surface area (Å²) in [6.07, 6.45) is 3.03. The largest absolute Gasteiger partial charge is 0.340 e. The van der Waals surface area contributed by atoms with Gasteiger partial charge < -0.3 is 10.2 Å². The summed E-state index contributed by atoms with van der Waals surface area (Å²) in [4.78, 5) is 18.5. The number of amides is 1. The number of carbonyl (C=O) groups excluding carboxylic acids is 1. The molecule has 0 spiro atoms. The number of hydrogen-bond acceptors (Lipinski definition) is 4. The molecule has 2 fully saturated rings. The molecule has 1 aliphatic carbocycles. The first-order chi connectivity index (χ1) is 8.33. The maximum Gasteiger partial charge on any atom is 0.228 e. The van der Waals surface area contributed by atoms with E-state index in [4.69, 9.17) is 0 Å². The molecule has 0 radical (unpaired) electrons. The third-order valence-electron chi connectivity index (χ3n) is 3.30. The molecular weight excluding hydrogens is 234 g/mol. The molecule has 0 bridgehead atoms. The molecule has 0 unspecified atom stereocenters. The highest BCUT2D eigenvalue weighted by Gasteiger charge is 2.27. The first-order valence-electron chi connectivity index (χ1n) is 6.26. The highest BCUT2D eigenvalue weighted by Crippen LogP contribution is 2.41. The van der Waals surface area contributed by atoms with E-state index in [-0.39, 0.29) is 5.91 Å². The van der Waals surface area contributed by atoms with Crippen LogP contribution in [0.2, 0.25) is 0 Å². The maximum atomic E-state index is 12.0. The molecule has 1 aromatic heterocycles. The van der Waals surface area contributed by atoms with Gasteiger partial charge in [0.2, 0.25) is 5.91 Å². The van der Waals surface area contributed by atoms with Gasteiger partial charge in [0.05, 0.1) is 17.1 Å². The lowest BCUT2D eigenvalue weighted by molar-refractivity contribution is -0.131. The molecule has 1 amide bonds. The van der Waals surface area contributed by atoms with Crippen LogP contribution >= 0.6 is 11.3 Å². The van der Waals surface area contributed by atoms with Gasteiger partial charge in [-0.15, -0.1) is 11.3 Å². The van der Waals surface area contributed by atoms with Crippen molar-refractivity contribution in [2.75, 3.05) is 26.2 Å². The maximum absolute atomic E-state index is 12.0. The van der Waals surface area contributed by atoms with Crippen molar-refractivity contribution in [1.82, 2.24) is 15.2 Å². The summed E-state index contributed by atoms with van der Waals surface area (Å²) in [7, 11) is 0. The van der Waals surface area contributed by atoms with Gasteiger partial charge in [-0.25, -0.2) is 4.98 Å². The van der Waals surface area contributed by atoms with E-state index in [1.165, 1.54) is 17.8 Å². The van der Waals surface area contributed by atoms with Gasteiger partial charge in [0.25, 0.3) is 0 Å². The molecule has 2 aliphatic rings. The molecule has 4 nitrogen and oxygen atoms in total. The highest BCUT2D eigenvalue weighted by atomic mass is 32.1. The molecule has 17 heavy (non-hydrogen) atoms. The van der Waals surface area contributed by atoms with Crippen LogP contribution in [0.5, 0.6) is 0 Å². The first kappa shape index (κ1) is 11.2. The van der Waals surface area contributed by atoms with Gasteiger partial charge in [-0.2, -0.15) is 0 Å². The SMILES string of the molecule is O=C(Cc1csc(C2CC2)n1)N1CCNCC1. The topological polar surface area (TPSA) is 45.2 Å². The Labute approximate surface area is 105 Å². The fraction of sp³-hybridized carbons (Fsp3) is 0.667. The zero-order valence-corrected chi connectivity index (χ0v) is 10.6. The third-order valence-corrected chi connectivity index (χ3v) is 4.35. The van der Waals surface area contributed by atoms with E-state index >= 15 is 0 Å². The Balaban J connectivity index is 1.58. The van der Waals surface area contributed by atoms with Gasteiger partial charge in [0.1, 0.15) is 0 Å². The second kappa shape index (κ2) is 4.74. The fourth-order valence-corrected chi connectivity index (χ4v) is 3.09. The van der Waals surface area contributed by atoms with E-state index in [1.807, 2.05) is 10.3 Å². The molecule has 5 heteroatoms. The lowest BCUT2D eigenvalue weighted by atomic mass is 10.2. The minimum absolute atomic E-state index is 0.221. The summed E-state index contributed by atoms with van der Waals surface area (Å²) in [5.41, 5.74) is 0.959. The summed E-state index contributed by atoms with van der Waals surface area (Å²) in [5.74, 6) is 0.919. The molecule has 1 saturated carbocycles. The number of rotatable bonds is 3.